The van der Waals surface area contributed by atoms with Gasteiger partial charge >= 0.3 is 0 Å². The fraction of sp³-hybridized carbons (Fsp3) is 0.389. The number of hydrogen-bond donors (Lipinski definition) is 1. The van der Waals surface area contributed by atoms with Gasteiger partial charge in [0, 0.05) is 25.8 Å². The number of aryl methyl sites for hydroxylation is 2. The van der Waals surface area contributed by atoms with Gasteiger partial charge in [0.1, 0.15) is 5.82 Å². The molecule has 1 aromatic heterocycles. The first-order valence-corrected chi connectivity index (χ1v) is 9.62. The number of anilines is 1. The lowest BCUT2D eigenvalue weighted by atomic mass is 10.1. The van der Waals surface area contributed by atoms with Crippen LogP contribution in [-0.2, 0) is 16.6 Å². The molecule has 0 aliphatic carbocycles. The van der Waals surface area contributed by atoms with E-state index in [1.165, 1.54) is 0 Å². The van der Waals surface area contributed by atoms with Crippen LogP contribution in [0.5, 0.6) is 0 Å². The average molecular weight is 347 g/mol. The molecule has 0 unspecified atom stereocenters. The predicted octanol–water partition coefficient (Wildman–Crippen LogP) is 3.02. The fourth-order valence-corrected chi connectivity index (χ4v) is 3.50. The van der Waals surface area contributed by atoms with Crippen molar-refractivity contribution >= 4 is 15.8 Å². The number of nitrogens with one attached hydrogen (secondary N) is 1. The minimum absolute atomic E-state index is 0.223. The minimum Gasteiger partial charge on any atom is -0.357 e. The molecule has 0 saturated heterocycles. The molecule has 0 saturated carbocycles. The molecule has 0 radical (unpaired) electrons. The van der Waals surface area contributed by atoms with E-state index in [4.69, 9.17) is 0 Å². The first-order valence-electron chi connectivity index (χ1n) is 8.14. The lowest BCUT2D eigenvalue weighted by Crippen LogP contribution is -2.24. The molecule has 0 aliphatic rings. The monoisotopic (exact) mass is 347 g/mol. The second-order valence-corrected chi connectivity index (χ2v) is 7.53. The zero-order chi connectivity index (χ0) is 17.7. The summed E-state index contributed by atoms with van der Waals surface area (Å²) in [6, 6.07) is 8.98. The SMILES string of the molecule is CCN(CC)c1ccc(CNS(=O)(=O)c2ccc(C)c(C)c2)cn1. The number of benzene rings is 1. The van der Waals surface area contributed by atoms with Gasteiger partial charge in [0.15, 0.2) is 0 Å². The van der Waals surface area contributed by atoms with E-state index in [-0.39, 0.29) is 6.54 Å². The quantitative estimate of drug-likeness (QED) is 0.836. The van der Waals surface area contributed by atoms with Crippen molar-refractivity contribution in [1.82, 2.24) is 9.71 Å². The smallest absolute Gasteiger partial charge is 0.240 e. The molecule has 0 fully saturated rings. The largest absolute Gasteiger partial charge is 0.357 e. The molecule has 6 heteroatoms. The van der Waals surface area contributed by atoms with Gasteiger partial charge in [-0.05, 0) is 62.6 Å². The van der Waals surface area contributed by atoms with Gasteiger partial charge in [0.05, 0.1) is 4.90 Å². The van der Waals surface area contributed by atoms with Crippen molar-refractivity contribution in [2.45, 2.75) is 39.1 Å². The highest BCUT2D eigenvalue weighted by atomic mass is 32.2. The van der Waals surface area contributed by atoms with Crippen molar-refractivity contribution in [3.8, 4) is 0 Å². The van der Waals surface area contributed by atoms with E-state index in [9.17, 15) is 8.42 Å². The number of nitrogens with zero attached hydrogens (tertiary/aromatic N) is 2. The zero-order valence-corrected chi connectivity index (χ0v) is 15.5. The van der Waals surface area contributed by atoms with Gasteiger partial charge in [-0.1, -0.05) is 12.1 Å². The molecule has 2 aromatic rings. The Bertz CT molecular complexity index is 782. The van der Waals surface area contributed by atoms with Gasteiger partial charge < -0.3 is 4.90 Å². The van der Waals surface area contributed by atoms with Crippen LogP contribution >= 0.6 is 0 Å². The third-order valence-corrected chi connectivity index (χ3v) is 5.55. The molecule has 0 aliphatic heterocycles. The Morgan fingerprint density at radius 1 is 1.04 bits per heavy atom. The maximum absolute atomic E-state index is 12.4. The van der Waals surface area contributed by atoms with Crippen molar-refractivity contribution in [2.24, 2.45) is 0 Å². The molecule has 0 atom stereocenters. The molecule has 1 heterocycles. The Morgan fingerprint density at radius 2 is 1.75 bits per heavy atom. The van der Waals surface area contributed by atoms with Crippen LogP contribution in [0.2, 0.25) is 0 Å². The summed E-state index contributed by atoms with van der Waals surface area (Å²) in [6.45, 7) is 10.0. The third-order valence-electron chi connectivity index (χ3n) is 4.15. The first-order chi connectivity index (χ1) is 11.4. The van der Waals surface area contributed by atoms with Crippen LogP contribution in [-0.4, -0.2) is 26.5 Å². The highest BCUT2D eigenvalue weighted by Gasteiger charge is 2.14. The van der Waals surface area contributed by atoms with Crippen molar-refractivity contribution in [1.29, 1.82) is 0 Å². The van der Waals surface area contributed by atoms with E-state index in [1.54, 1.807) is 18.3 Å². The molecular weight excluding hydrogens is 322 g/mol. The minimum atomic E-state index is -3.52. The Morgan fingerprint density at radius 3 is 2.29 bits per heavy atom. The second-order valence-electron chi connectivity index (χ2n) is 5.77. The summed E-state index contributed by atoms with van der Waals surface area (Å²) in [7, 11) is -3.52. The van der Waals surface area contributed by atoms with Gasteiger partial charge in [0.25, 0.3) is 0 Å². The zero-order valence-electron chi connectivity index (χ0n) is 14.7. The Balaban J connectivity index is 2.07. The van der Waals surface area contributed by atoms with Crippen LogP contribution in [0.15, 0.2) is 41.4 Å². The summed E-state index contributed by atoms with van der Waals surface area (Å²) in [4.78, 5) is 6.84. The maximum atomic E-state index is 12.4. The van der Waals surface area contributed by atoms with E-state index in [0.717, 1.165) is 35.6 Å². The molecule has 24 heavy (non-hydrogen) atoms. The fourth-order valence-electron chi connectivity index (χ4n) is 2.40. The number of aromatic nitrogens is 1. The van der Waals surface area contributed by atoms with E-state index in [0.29, 0.717) is 4.90 Å². The molecule has 130 valence electrons. The highest BCUT2D eigenvalue weighted by molar-refractivity contribution is 7.89. The molecule has 5 nitrogen and oxygen atoms in total. The van der Waals surface area contributed by atoms with Crippen LogP contribution in [0.25, 0.3) is 0 Å². The van der Waals surface area contributed by atoms with E-state index in [2.05, 4.69) is 28.5 Å². The first kappa shape index (κ1) is 18.4. The molecule has 0 spiro atoms. The number of sulfonamides is 1. The van der Waals surface area contributed by atoms with Gasteiger partial charge in [-0.2, -0.15) is 0 Å². The lowest BCUT2D eigenvalue weighted by molar-refractivity contribution is 0.581. The van der Waals surface area contributed by atoms with E-state index < -0.39 is 10.0 Å². The molecular formula is C18H25N3O2S. The van der Waals surface area contributed by atoms with Crippen LogP contribution in [0, 0.1) is 13.8 Å². The molecule has 1 aromatic carbocycles. The van der Waals surface area contributed by atoms with Crippen LogP contribution < -0.4 is 9.62 Å². The maximum Gasteiger partial charge on any atom is 0.240 e. The second kappa shape index (κ2) is 7.77. The van der Waals surface area contributed by atoms with E-state index >= 15 is 0 Å². The van der Waals surface area contributed by atoms with Crippen LogP contribution in [0.3, 0.4) is 0 Å². The van der Waals surface area contributed by atoms with Gasteiger partial charge in [0.2, 0.25) is 10.0 Å². The highest BCUT2D eigenvalue weighted by Crippen LogP contribution is 2.15. The number of hydrogen-bond acceptors (Lipinski definition) is 4. The van der Waals surface area contributed by atoms with Crippen molar-refractivity contribution < 1.29 is 8.42 Å². The predicted molar refractivity (Wildman–Crippen MR) is 97.7 cm³/mol. The Hall–Kier alpha value is -1.92. The third kappa shape index (κ3) is 4.33. The molecule has 0 bridgehead atoms. The normalized spacial score (nSPS) is 11.5. The summed E-state index contributed by atoms with van der Waals surface area (Å²) in [5.41, 5.74) is 2.87. The van der Waals surface area contributed by atoms with Gasteiger partial charge in [-0.15, -0.1) is 0 Å². The Kier molecular flexibility index (Phi) is 5.96. The van der Waals surface area contributed by atoms with Gasteiger partial charge in [-0.25, -0.2) is 18.1 Å². The molecule has 2 rings (SSSR count). The average Bonchev–Trinajstić information content (AvgIpc) is 2.57. The summed E-state index contributed by atoms with van der Waals surface area (Å²) in [5.74, 6) is 0.903. The summed E-state index contributed by atoms with van der Waals surface area (Å²) in [6.07, 6.45) is 1.72. The van der Waals surface area contributed by atoms with Crippen molar-refractivity contribution in [2.75, 3.05) is 18.0 Å². The Labute approximate surface area is 144 Å². The van der Waals surface area contributed by atoms with Crippen LogP contribution in [0.4, 0.5) is 5.82 Å². The standard InChI is InChI=1S/C18H25N3O2S/c1-5-21(6-2)18-10-8-16(12-19-18)13-20-24(22,23)17-9-7-14(3)15(4)11-17/h7-12,20H,5-6,13H2,1-4H3. The van der Waals surface area contributed by atoms with Gasteiger partial charge in [-0.3, -0.25) is 0 Å². The summed E-state index contributed by atoms with van der Waals surface area (Å²) < 4.78 is 27.4. The van der Waals surface area contributed by atoms with Crippen LogP contribution in [0.1, 0.15) is 30.5 Å². The lowest BCUT2D eigenvalue weighted by Gasteiger charge is -2.19. The summed E-state index contributed by atoms with van der Waals surface area (Å²) >= 11 is 0. The topological polar surface area (TPSA) is 62.3 Å². The number of pyridine rings is 1. The van der Waals surface area contributed by atoms with E-state index in [1.807, 2.05) is 32.0 Å². The summed E-state index contributed by atoms with van der Waals surface area (Å²) in [5, 5.41) is 0. The molecule has 0 amide bonds. The van der Waals surface area contributed by atoms with Crippen molar-refractivity contribution in [3.63, 3.8) is 0 Å². The molecule has 1 N–H and O–H groups in total. The number of rotatable bonds is 7. The van der Waals surface area contributed by atoms with Crippen molar-refractivity contribution in [3.05, 3.63) is 53.2 Å².